The minimum atomic E-state index is -3.59. The van der Waals surface area contributed by atoms with Gasteiger partial charge in [0.1, 0.15) is 0 Å². The Balaban J connectivity index is 1.58. The van der Waals surface area contributed by atoms with Crippen LogP contribution in [0, 0.1) is 0 Å². The Morgan fingerprint density at radius 2 is 1.80 bits per heavy atom. The van der Waals surface area contributed by atoms with Crippen molar-refractivity contribution in [2.45, 2.75) is 12.5 Å². The quantitative estimate of drug-likeness (QED) is 0.460. The molecule has 0 aliphatic carbocycles. The lowest BCUT2D eigenvalue weighted by Gasteiger charge is -2.15. The summed E-state index contributed by atoms with van der Waals surface area (Å²) in [5.74, 6) is -0.350. The lowest BCUT2D eigenvalue weighted by Crippen LogP contribution is -2.38. The first-order valence-electron chi connectivity index (χ1n) is 9.17. The number of sulfonamides is 1. The second-order valence-electron chi connectivity index (χ2n) is 6.80. The van der Waals surface area contributed by atoms with Gasteiger partial charge >= 0.3 is 0 Å². The molecule has 5 N–H and O–H groups in total. The molecular weight excluding hydrogens is 426 g/mol. The average molecular weight is 448 g/mol. The maximum absolute atomic E-state index is 12.6. The molecule has 3 rings (SSSR count). The number of aliphatic imine (C=N–C) groups is 1. The van der Waals surface area contributed by atoms with E-state index >= 15 is 0 Å². The Bertz CT molecular complexity index is 1060. The smallest absolute Gasteiger partial charge is 0.251 e. The fourth-order valence-corrected chi connectivity index (χ4v) is 4.38. The van der Waals surface area contributed by atoms with Gasteiger partial charge in [0, 0.05) is 35.1 Å². The summed E-state index contributed by atoms with van der Waals surface area (Å²) in [4.78, 5) is 16.3. The Labute approximate surface area is 180 Å². The number of guanidine groups is 1. The third-order valence-corrected chi connectivity index (χ3v) is 6.32. The number of amides is 1. The third-order valence-electron chi connectivity index (χ3n) is 4.54. The standard InChI is InChI=1S/C20H22ClN5O3S/c21-16-5-1-14(2-6-16)10-12-30(28,29)26-11-9-18(13-26)24-19(27)15-3-7-17(8-4-15)25-20(22)23/h1-8,10,12,18H,9,11,13H2,(H,24,27)(H4,22,23,25). The van der Waals surface area contributed by atoms with Gasteiger partial charge in [-0.2, -0.15) is 4.31 Å². The summed E-state index contributed by atoms with van der Waals surface area (Å²) in [5, 5.41) is 4.62. The summed E-state index contributed by atoms with van der Waals surface area (Å²) in [5.41, 5.74) is 12.4. The molecule has 1 aliphatic rings. The highest BCUT2D eigenvalue weighted by Crippen LogP contribution is 2.18. The average Bonchev–Trinajstić information content (AvgIpc) is 3.17. The van der Waals surface area contributed by atoms with Crippen molar-refractivity contribution in [1.82, 2.24) is 9.62 Å². The predicted octanol–water partition coefficient (Wildman–Crippen LogP) is 2.05. The van der Waals surface area contributed by atoms with E-state index in [1.165, 1.54) is 15.8 Å². The van der Waals surface area contributed by atoms with Crippen molar-refractivity contribution in [2.24, 2.45) is 16.5 Å². The molecule has 1 heterocycles. The topological polar surface area (TPSA) is 131 Å². The molecule has 1 saturated heterocycles. The summed E-state index contributed by atoms with van der Waals surface area (Å²) in [6, 6.07) is 13.1. The van der Waals surface area contributed by atoms with Crippen LogP contribution >= 0.6 is 11.6 Å². The van der Waals surface area contributed by atoms with Crippen molar-refractivity contribution in [2.75, 3.05) is 13.1 Å². The van der Waals surface area contributed by atoms with Gasteiger partial charge in [-0.15, -0.1) is 0 Å². The molecule has 30 heavy (non-hydrogen) atoms. The van der Waals surface area contributed by atoms with E-state index in [-0.39, 0.29) is 24.5 Å². The second-order valence-corrected chi connectivity index (χ2v) is 9.05. The van der Waals surface area contributed by atoms with E-state index < -0.39 is 10.0 Å². The molecule has 1 amide bonds. The molecule has 2 aromatic rings. The number of halogens is 1. The van der Waals surface area contributed by atoms with Crippen LogP contribution in [0.5, 0.6) is 0 Å². The lowest BCUT2D eigenvalue weighted by atomic mass is 10.1. The first kappa shape index (κ1) is 21.8. The molecular formula is C20H22ClN5O3S. The number of carbonyl (C=O) groups excluding carboxylic acids is 1. The largest absolute Gasteiger partial charge is 0.370 e. The summed E-state index contributed by atoms with van der Waals surface area (Å²) >= 11 is 5.83. The van der Waals surface area contributed by atoms with Gasteiger partial charge in [-0.1, -0.05) is 23.7 Å². The van der Waals surface area contributed by atoms with Gasteiger partial charge in [-0.3, -0.25) is 4.79 Å². The van der Waals surface area contributed by atoms with Crippen molar-refractivity contribution >= 4 is 45.3 Å². The number of rotatable bonds is 6. The van der Waals surface area contributed by atoms with Crippen LogP contribution < -0.4 is 16.8 Å². The number of nitrogens with zero attached hydrogens (tertiary/aromatic N) is 2. The lowest BCUT2D eigenvalue weighted by molar-refractivity contribution is 0.0939. The van der Waals surface area contributed by atoms with Crippen LogP contribution in [0.4, 0.5) is 5.69 Å². The Kier molecular flexibility index (Phi) is 6.76. The maximum Gasteiger partial charge on any atom is 0.251 e. The summed E-state index contributed by atoms with van der Waals surface area (Å²) in [7, 11) is -3.59. The zero-order valence-electron chi connectivity index (χ0n) is 16.0. The summed E-state index contributed by atoms with van der Waals surface area (Å²) < 4.78 is 26.5. The summed E-state index contributed by atoms with van der Waals surface area (Å²) in [6.07, 6.45) is 2.06. The van der Waals surface area contributed by atoms with E-state index in [0.29, 0.717) is 29.2 Å². The van der Waals surface area contributed by atoms with E-state index in [1.54, 1.807) is 48.5 Å². The Morgan fingerprint density at radius 1 is 1.13 bits per heavy atom. The first-order valence-corrected chi connectivity index (χ1v) is 11.1. The van der Waals surface area contributed by atoms with Crippen molar-refractivity contribution in [3.05, 3.63) is 70.1 Å². The van der Waals surface area contributed by atoms with E-state index in [4.69, 9.17) is 23.1 Å². The number of hydrogen-bond donors (Lipinski definition) is 3. The van der Waals surface area contributed by atoms with Gasteiger partial charge in [0.25, 0.3) is 5.91 Å². The van der Waals surface area contributed by atoms with Crippen LogP contribution in [0.1, 0.15) is 22.3 Å². The molecule has 1 aliphatic heterocycles. The monoisotopic (exact) mass is 447 g/mol. The van der Waals surface area contributed by atoms with E-state index in [0.717, 1.165) is 5.56 Å². The van der Waals surface area contributed by atoms with Crippen LogP contribution in [0.3, 0.4) is 0 Å². The Hall–Kier alpha value is -2.88. The molecule has 10 heteroatoms. The highest BCUT2D eigenvalue weighted by Gasteiger charge is 2.30. The first-order chi connectivity index (χ1) is 14.2. The van der Waals surface area contributed by atoms with Crippen LogP contribution in [0.2, 0.25) is 5.02 Å². The molecule has 1 fully saturated rings. The number of nitrogens with one attached hydrogen (secondary N) is 1. The molecule has 8 nitrogen and oxygen atoms in total. The van der Waals surface area contributed by atoms with E-state index in [2.05, 4.69) is 10.3 Å². The van der Waals surface area contributed by atoms with Gasteiger partial charge in [0.15, 0.2) is 5.96 Å². The molecule has 1 unspecified atom stereocenters. The minimum Gasteiger partial charge on any atom is -0.370 e. The van der Waals surface area contributed by atoms with Crippen molar-refractivity contribution in [1.29, 1.82) is 0 Å². The van der Waals surface area contributed by atoms with Crippen molar-refractivity contribution in [3.8, 4) is 0 Å². The molecule has 0 saturated carbocycles. The Morgan fingerprint density at radius 3 is 2.43 bits per heavy atom. The fraction of sp³-hybridized carbons (Fsp3) is 0.200. The maximum atomic E-state index is 12.6. The van der Waals surface area contributed by atoms with E-state index in [9.17, 15) is 13.2 Å². The van der Waals surface area contributed by atoms with Gasteiger partial charge in [-0.25, -0.2) is 13.4 Å². The van der Waals surface area contributed by atoms with Crippen molar-refractivity contribution in [3.63, 3.8) is 0 Å². The molecule has 0 bridgehead atoms. The molecule has 1 atom stereocenters. The number of hydrogen-bond acceptors (Lipinski definition) is 4. The molecule has 0 radical (unpaired) electrons. The molecule has 0 spiro atoms. The highest BCUT2D eigenvalue weighted by atomic mass is 35.5. The molecule has 0 aromatic heterocycles. The SMILES string of the molecule is NC(N)=Nc1ccc(C(=O)NC2CCN(S(=O)(=O)C=Cc3ccc(Cl)cc3)C2)cc1. The zero-order valence-corrected chi connectivity index (χ0v) is 17.6. The third kappa shape index (κ3) is 5.82. The summed E-state index contributed by atoms with van der Waals surface area (Å²) in [6.45, 7) is 0.548. The molecule has 158 valence electrons. The van der Waals surface area contributed by atoms with Gasteiger partial charge in [0.2, 0.25) is 10.0 Å². The zero-order chi connectivity index (χ0) is 21.7. The minimum absolute atomic E-state index is 0.0652. The normalized spacial score (nSPS) is 17.2. The van der Waals surface area contributed by atoms with Gasteiger partial charge < -0.3 is 16.8 Å². The van der Waals surface area contributed by atoms with Crippen molar-refractivity contribution < 1.29 is 13.2 Å². The van der Waals surface area contributed by atoms with E-state index in [1.807, 2.05) is 0 Å². The van der Waals surface area contributed by atoms with Crippen LogP contribution in [-0.2, 0) is 10.0 Å². The molecule has 2 aromatic carbocycles. The highest BCUT2D eigenvalue weighted by molar-refractivity contribution is 7.92. The number of benzene rings is 2. The van der Waals surface area contributed by atoms with Crippen LogP contribution in [0.15, 0.2) is 58.9 Å². The van der Waals surface area contributed by atoms with Gasteiger partial charge in [0.05, 0.1) is 5.69 Å². The van der Waals surface area contributed by atoms with Crippen LogP contribution in [-0.4, -0.2) is 43.7 Å². The van der Waals surface area contributed by atoms with Gasteiger partial charge in [-0.05, 0) is 54.5 Å². The number of carbonyl (C=O) groups is 1. The van der Waals surface area contributed by atoms with Crippen LogP contribution in [0.25, 0.3) is 6.08 Å². The number of nitrogens with two attached hydrogens (primary N) is 2. The predicted molar refractivity (Wildman–Crippen MR) is 119 cm³/mol. The fourth-order valence-electron chi connectivity index (χ4n) is 3.01. The second kappa shape index (κ2) is 9.29.